The van der Waals surface area contributed by atoms with Gasteiger partial charge in [0.1, 0.15) is 25.7 Å². The van der Waals surface area contributed by atoms with Crippen LogP contribution in [0.2, 0.25) is 0 Å². The van der Waals surface area contributed by atoms with Crippen LogP contribution in [0, 0.1) is 0 Å². The summed E-state index contributed by atoms with van der Waals surface area (Å²) in [4.78, 5) is 9.71. The number of hydroxylamine groups is 3. The highest BCUT2D eigenvalue weighted by atomic mass is 19.4. The van der Waals surface area contributed by atoms with Crippen LogP contribution in [-0.4, -0.2) is 40.5 Å². The van der Waals surface area contributed by atoms with Gasteiger partial charge in [0, 0.05) is 29.4 Å². The number of rotatable bonds is 5. The number of H-pyrrole nitrogens is 1. The molecule has 2 N–H and O–H groups in total. The lowest BCUT2D eigenvalue weighted by atomic mass is 9.89. The molecule has 3 atom stereocenters. The minimum atomic E-state index is -4.34. The van der Waals surface area contributed by atoms with Crippen molar-refractivity contribution in [3.8, 4) is 5.75 Å². The summed E-state index contributed by atoms with van der Waals surface area (Å²) in [6.07, 6.45) is -1.31. The maximum Gasteiger partial charge on any atom is 0.416 e. The number of quaternary nitrogens is 1. The van der Waals surface area contributed by atoms with Gasteiger partial charge in [-0.1, -0.05) is 18.2 Å². The molecule has 0 aliphatic carbocycles. The number of aromatic nitrogens is 1. The molecule has 7 heteroatoms. The van der Waals surface area contributed by atoms with Crippen molar-refractivity contribution >= 4 is 10.9 Å². The minimum Gasteiger partial charge on any atom is -0.387 e. The number of nitrogens with zero attached hydrogens (tertiary/aromatic N) is 1. The molecule has 3 aromatic rings. The summed E-state index contributed by atoms with van der Waals surface area (Å²) in [7, 11) is 0. The summed E-state index contributed by atoms with van der Waals surface area (Å²) in [6, 6.07) is 13.2. The van der Waals surface area contributed by atoms with Crippen LogP contribution < -0.4 is 4.84 Å². The lowest BCUT2D eigenvalue weighted by Gasteiger charge is -2.42. The van der Waals surface area contributed by atoms with Gasteiger partial charge in [-0.2, -0.15) is 13.2 Å². The molecule has 1 aliphatic heterocycles. The number of alkyl halides is 3. The number of aliphatic hydroxyl groups excluding tert-OH is 1. The molecule has 2 unspecified atom stereocenters. The number of fused-ring (bicyclic) bond motifs is 1. The van der Waals surface area contributed by atoms with Gasteiger partial charge in [0.15, 0.2) is 5.75 Å². The van der Waals surface area contributed by atoms with Gasteiger partial charge in [-0.3, -0.25) is 0 Å². The van der Waals surface area contributed by atoms with Gasteiger partial charge < -0.3 is 14.9 Å². The molecule has 0 saturated carbocycles. The molecule has 2 aromatic carbocycles. The quantitative estimate of drug-likeness (QED) is 0.555. The number of aliphatic hydroxyl groups is 1. The molecule has 0 amide bonds. The molecule has 1 aromatic heterocycles. The second-order valence-corrected chi connectivity index (χ2v) is 8.24. The maximum atomic E-state index is 12.9. The predicted octanol–water partition coefficient (Wildman–Crippen LogP) is 5.26. The molecular formula is C23H26F3N2O2+. The second kappa shape index (κ2) is 7.96. The maximum absolute atomic E-state index is 12.9. The van der Waals surface area contributed by atoms with E-state index in [2.05, 4.69) is 4.98 Å². The van der Waals surface area contributed by atoms with Gasteiger partial charge in [0.2, 0.25) is 0 Å². The second-order valence-electron chi connectivity index (χ2n) is 8.24. The van der Waals surface area contributed by atoms with E-state index in [1.165, 1.54) is 0 Å². The van der Waals surface area contributed by atoms with Gasteiger partial charge in [0.05, 0.1) is 5.56 Å². The zero-order valence-corrected chi connectivity index (χ0v) is 16.8. The Hall–Kier alpha value is -2.51. The van der Waals surface area contributed by atoms with Gasteiger partial charge in [-0.15, -0.1) is 4.65 Å². The van der Waals surface area contributed by atoms with E-state index in [0.717, 1.165) is 53.7 Å². The SMILES string of the molecule is C[C@H](O)C[N+]1(Oc2cccc3[nH]ccc23)CCCC(c2ccc(C(F)(F)F)cc2)C1. The first-order chi connectivity index (χ1) is 14.3. The molecule has 30 heavy (non-hydrogen) atoms. The molecule has 2 heterocycles. The molecule has 1 saturated heterocycles. The smallest absolute Gasteiger partial charge is 0.387 e. The van der Waals surface area contributed by atoms with Crippen molar-refractivity contribution in [3.05, 3.63) is 65.9 Å². The highest BCUT2D eigenvalue weighted by Crippen LogP contribution is 2.36. The highest BCUT2D eigenvalue weighted by molar-refractivity contribution is 5.85. The van der Waals surface area contributed by atoms with E-state index in [1.807, 2.05) is 30.5 Å². The Bertz CT molecular complexity index is 998. The van der Waals surface area contributed by atoms with Crippen LogP contribution in [0.3, 0.4) is 0 Å². The van der Waals surface area contributed by atoms with Crippen molar-refractivity contribution in [1.29, 1.82) is 0 Å². The summed E-state index contributed by atoms with van der Waals surface area (Å²) >= 11 is 0. The average molecular weight is 419 g/mol. The van der Waals surface area contributed by atoms with E-state index in [4.69, 9.17) is 4.84 Å². The van der Waals surface area contributed by atoms with Crippen LogP contribution in [0.1, 0.15) is 36.8 Å². The number of likely N-dealkylation sites (tertiary alicyclic amines) is 1. The largest absolute Gasteiger partial charge is 0.416 e. The zero-order chi connectivity index (χ0) is 21.4. The Morgan fingerprint density at radius 3 is 2.63 bits per heavy atom. The molecule has 4 rings (SSSR count). The number of aromatic amines is 1. The van der Waals surface area contributed by atoms with Gasteiger partial charge in [-0.05, 0) is 49.2 Å². The van der Waals surface area contributed by atoms with E-state index in [9.17, 15) is 18.3 Å². The highest BCUT2D eigenvalue weighted by Gasteiger charge is 2.40. The third kappa shape index (κ3) is 4.32. The third-order valence-electron chi connectivity index (χ3n) is 5.82. The summed E-state index contributed by atoms with van der Waals surface area (Å²) in [6.45, 7) is 3.49. The number of hydrogen-bond acceptors (Lipinski definition) is 2. The fourth-order valence-corrected chi connectivity index (χ4v) is 4.54. The number of benzene rings is 2. The number of nitrogens with one attached hydrogen (secondary N) is 1. The zero-order valence-electron chi connectivity index (χ0n) is 16.8. The molecule has 160 valence electrons. The number of piperidine rings is 1. The monoisotopic (exact) mass is 419 g/mol. The minimum absolute atomic E-state index is 0.0604. The van der Waals surface area contributed by atoms with Gasteiger partial charge in [-0.25, -0.2) is 0 Å². The first-order valence-corrected chi connectivity index (χ1v) is 10.2. The van der Waals surface area contributed by atoms with Crippen molar-refractivity contribution in [2.24, 2.45) is 0 Å². The Balaban J connectivity index is 1.62. The van der Waals surface area contributed by atoms with Crippen molar-refractivity contribution in [1.82, 2.24) is 4.98 Å². The standard InChI is InChI=1S/C23H26F3N2O2/c1-16(29)14-28(30-22-6-2-5-21-20(22)11-12-27-21)13-3-4-18(15-28)17-7-9-19(10-8-17)23(24,25)26/h2,5-12,16,18,27,29H,3-4,13-15H2,1H3/q+1/t16-,18?,28?/m0/s1. The lowest BCUT2D eigenvalue weighted by Crippen LogP contribution is -2.58. The van der Waals surface area contributed by atoms with Gasteiger partial charge in [0.25, 0.3) is 0 Å². The van der Waals surface area contributed by atoms with Crippen LogP contribution >= 0.6 is 0 Å². The van der Waals surface area contributed by atoms with Crippen LogP contribution in [0.15, 0.2) is 54.7 Å². The normalized spacial score (nSPS) is 23.4. The number of halogens is 3. The average Bonchev–Trinajstić information content (AvgIpc) is 3.17. The van der Waals surface area contributed by atoms with E-state index in [1.54, 1.807) is 19.1 Å². The van der Waals surface area contributed by atoms with Crippen LogP contribution in [0.4, 0.5) is 13.2 Å². The van der Waals surface area contributed by atoms with E-state index in [-0.39, 0.29) is 10.6 Å². The van der Waals surface area contributed by atoms with Crippen molar-refractivity contribution in [2.75, 3.05) is 19.6 Å². The Morgan fingerprint density at radius 1 is 1.17 bits per heavy atom. The Kier molecular flexibility index (Phi) is 5.51. The molecule has 4 nitrogen and oxygen atoms in total. The molecule has 0 bridgehead atoms. The van der Waals surface area contributed by atoms with E-state index < -0.39 is 17.8 Å². The summed E-state index contributed by atoms with van der Waals surface area (Å²) in [5.74, 6) is 0.799. The number of hydrogen-bond donors (Lipinski definition) is 2. The summed E-state index contributed by atoms with van der Waals surface area (Å²) < 4.78 is 39.0. The topological polar surface area (TPSA) is 45.2 Å². The molecule has 0 radical (unpaired) electrons. The van der Waals surface area contributed by atoms with Crippen LogP contribution in [0.5, 0.6) is 5.75 Å². The van der Waals surface area contributed by atoms with Gasteiger partial charge >= 0.3 is 6.18 Å². The Morgan fingerprint density at radius 2 is 1.93 bits per heavy atom. The first kappa shape index (κ1) is 20.8. The summed E-state index contributed by atoms with van der Waals surface area (Å²) in [5, 5.41) is 11.1. The molecule has 1 aliphatic rings. The third-order valence-corrected chi connectivity index (χ3v) is 5.82. The summed E-state index contributed by atoms with van der Waals surface area (Å²) in [5.41, 5.74) is 1.21. The fourth-order valence-electron chi connectivity index (χ4n) is 4.54. The molecular weight excluding hydrogens is 393 g/mol. The van der Waals surface area contributed by atoms with Crippen LogP contribution in [-0.2, 0) is 6.18 Å². The predicted molar refractivity (Wildman–Crippen MR) is 109 cm³/mol. The lowest BCUT2D eigenvalue weighted by molar-refractivity contribution is -1.08. The van der Waals surface area contributed by atoms with Crippen molar-refractivity contribution in [2.45, 2.75) is 38.0 Å². The van der Waals surface area contributed by atoms with Crippen molar-refractivity contribution in [3.63, 3.8) is 0 Å². The van der Waals surface area contributed by atoms with Crippen molar-refractivity contribution < 1.29 is 27.8 Å². The van der Waals surface area contributed by atoms with E-state index >= 15 is 0 Å². The molecule has 0 spiro atoms. The first-order valence-electron chi connectivity index (χ1n) is 10.2. The Labute approximate surface area is 173 Å². The van der Waals surface area contributed by atoms with Crippen LogP contribution in [0.25, 0.3) is 10.9 Å². The fraction of sp³-hybridized carbons (Fsp3) is 0.391. The van der Waals surface area contributed by atoms with E-state index in [0.29, 0.717) is 13.1 Å². The molecule has 1 fully saturated rings.